The van der Waals surface area contributed by atoms with Crippen molar-refractivity contribution in [2.75, 3.05) is 26.3 Å². The van der Waals surface area contributed by atoms with Crippen LogP contribution in [0.15, 0.2) is 24.3 Å². The van der Waals surface area contributed by atoms with E-state index in [-0.39, 0.29) is 5.91 Å². The van der Waals surface area contributed by atoms with Gasteiger partial charge in [-0.15, -0.1) is 0 Å². The number of ether oxygens (including phenoxy) is 2. The van der Waals surface area contributed by atoms with E-state index in [9.17, 15) is 4.79 Å². The Bertz CT molecular complexity index is 418. The molecule has 98 valence electrons. The first-order valence-electron chi connectivity index (χ1n) is 5.95. The number of halogens is 1. The lowest BCUT2D eigenvalue weighted by atomic mass is 10.3. The van der Waals surface area contributed by atoms with Crippen molar-refractivity contribution in [3.8, 4) is 5.75 Å². The van der Waals surface area contributed by atoms with Crippen molar-refractivity contribution in [1.82, 2.24) is 4.90 Å². The number of rotatable bonds is 3. The first-order valence-corrected chi connectivity index (χ1v) is 6.33. The summed E-state index contributed by atoms with van der Waals surface area (Å²) in [4.78, 5) is 13.9. The highest BCUT2D eigenvalue weighted by Gasteiger charge is 2.23. The number of carbonyl (C=O) groups excluding carboxylic acids is 1. The lowest BCUT2D eigenvalue weighted by molar-refractivity contribution is -0.142. The van der Waals surface area contributed by atoms with Gasteiger partial charge >= 0.3 is 0 Å². The Morgan fingerprint density at radius 1 is 1.44 bits per heavy atom. The molecule has 5 heteroatoms. The van der Waals surface area contributed by atoms with Gasteiger partial charge in [-0.3, -0.25) is 4.79 Å². The third-order valence-corrected chi connectivity index (χ3v) is 3.01. The van der Waals surface area contributed by atoms with E-state index in [4.69, 9.17) is 21.1 Å². The normalized spacial score (nSPS) is 17.3. The quantitative estimate of drug-likeness (QED) is 0.842. The molecule has 0 bridgehead atoms. The minimum absolute atomic E-state index is 0.0155. The van der Waals surface area contributed by atoms with E-state index in [1.165, 1.54) is 0 Å². The molecule has 1 saturated heterocycles. The van der Waals surface area contributed by atoms with Crippen LogP contribution in [0.25, 0.3) is 0 Å². The average Bonchev–Trinajstić information content (AvgIpc) is 2.39. The average molecular weight is 270 g/mol. The van der Waals surface area contributed by atoms with Gasteiger partial charge in [0.2, 0.25) is 0 Å². The summed E-state index contributed by atoms with van der Waals surface area (Å²) in [5.41, 5.74) is 0. The molecule has 1 aromatic rings. The van der Waals surface area contributed by atoms with Crippen molar-refractivity contribution in [3.05, 3.63) is 29.3 Å². The molecule has 1 atom stereocenters. The molecule has 1 aromatic carbocycles. The predicted molar refractivity (Wildman–Crippen MR) is 68.9 cm³/mol. The predicted octanol–water partition coefficient (Wildman–Crippen LogP) is 1.97. The van der Waals surface area contributed by atoms with Crippen LogP contribution in [0.4, 0.5) is 0 Å². The topological polar surface area (TPSA) is 38.8 Å². The van der Waals surface area contributed by atoms with Crippen LogP contribution in [0.5, 0.6) is 5.75 Å². The van der Waals surface area contributed by atoms with E-state index in [0.717, 1.165) is 0 Å². The number of hydrogen-bond acceptors (Lipinski definition) is 3. The number of nitrogens with zero attached hydrogens (tertiary/aromatic N) is 1. The van der Waals surface area contributed by atoms with Crippen LogP contribution < -0.4 is 4.74 Å². The van der Waals surface area contributed by atoms with E-state index in [1.807, 2.05) is 0 Å². The van der Waals surface area contributed by atoms with Gasteiger partial charge in [-0.05, 0) is 25.1 Å². The lowest BCUT2D eigenvalue weighted by Gasteiger charge is -2.29. The molecule has 2 rings (SSSR count). The largest absolute Gasteiger partial charge is 0.481 e. The van der Waals surface area contributed by atoms with E-state index in [0.29, 0.717) is 37.1 Å². The maximum atomic E-state index is 12.1. The number of benzene rings is 1. The summed E-state index contributed by atoms with van der Waals surface area (Å²) in [5.74, 6) is 0.592. The summed E-state index contributed by atoms with van der Waals surface area (Å²) in [6.45, 7) is 4.19. The second-order valence-corrected chi connectivity index (χ2v) is 4.59. The number of amides is 1. The standard InChI is InChI=1S/C13H16ClNO3/c1-10(13(16)15-5-7-17-8-6-15)18-12-4-2-3-11(14)9-12/h2-4,9-10H,5-8H2,1H3/t10-/m0/s1. The minimum Gasteiger partial charge on any atom is -0.481 e. The van der Waals surface area contributed by atoms with Crippen molar-refractivity contribution in [3.63, 3.8) is 0 Å². The molecule has 0 radical (unpaired) electrons. The van der Waals surface area contributed by atoms with Gasteiger partial charge in [-0.2, -0.15) is 0 Å². The number of morpholine rings is 1. The zero-order valence-electron chi connectivity index (χ0n) is 10.3. The Morgan fingerprint density at radius 2 is 2.17 bits per heavy atom. The third-order valence-electron chi connectivity index (χ3n) is 2.78. The molecule has 4 nitrogen and oxygen atoms in total. The lowest BCUT2D eigenvalue weighted by Crippen LogP contribution is -2.46. The van der Waals surface area contributed by atoms with Crippen LogP contribution in [0, 0.1) is 0 Å². The summed E-state index contributed by atoms with van der Waals surface area (Å²) < 4.78 is 10.8. The van der Waals surface area contributed by atoms with E-state index >= 15 is 0 Å². The maximum absolute atomic E-state index is 12.1. The highest BCUT2D eigenvalue weighted by Crippen LogP contribution is 2.19. The molecular formula is C13H16ClNO3. The summed E-state index contributed by atoms with van der Waals surface area (Å²) in [6, 6.07) is 7.05. The van der Waals surface area contributed by atoms with Crippen LogP contribution >= 0.6 is 11.6 Å². The molecule has 0 aromatic heterocycles. The van der Waals surface area contributed by atoms with E-state index in [1.54, 1.807) is 36.1 Å². The van der Waals surface area contributed by atoms with Crippen molar-refractivity contribution in [1.29, 1.82) is 0 Å². The van der Waals surface area contributed by atoms with Gasteiger partial charge in [0.05, 0.1) is 13.2 Å². The second-order valence-electron chi connectivity index (χ2n) is 4.16. The van der Waals surface area contributed by atoms with Crippen molar-refractivity contribution < 1.29 is 14.3 Å². The van der Waals surface area contributed by atoms with Crippen molar-refractivity contribution in [2.24, 2.45) is 0 Å². The fourth-order valence-electron chi connectivity index (χ4n) is 1.84. The summed E-state index contributed by atoms with van der Waals surface area (Å²) >= 11 is 5.86. The molecule has 0 N–H and O–H groups in total. The molecule has 0 aliphatic carbocycles. The number of carbonyl (C=O) groups is 1. The molecule has 0 spiro atoms. The van der Waals surface area contributed by atoms with Gasteiger partial charge in [0.1, 0.15) is 5.75 Å². The number of hydrogen-bond donors (Lipinski definition) is 0. The Morgan fingerprint density at radius 3 is 2.83 bits per heavy atom. The molecule has 1 aliphatic rings. The first kappa shape index (κ1) is 13.2. The van der Waals surface area contributed by atoms with Crippen LogP contribution in [-0.2, 0) is 9.53 Å². The Balaban J connectivity index is 1.94. The highest BCUT2D eigenvalue weighted by atomic mass is 35.5. The van der Waals surface area contributed by atoms with Crippen molar-refractivity contribution in [2.45, 2.75) is 13.0 Å². The van der Waals surface area contributed by atoms with Gasteiger partial charge in [0.15, 0.2) is 6.10 Å². The Kier molecular flexibility index (Phi) is 4.44. The molecular weight excluding hydrogens is 254 g/mol. The fourth-order valence-corrected chi connectivity index (χ4v) is 2.02. The second kappa shape index (κ2) is 6.07. The van der Waals surface area contributed by atoms with Crippen molar-refractivity contribution >= 4 is 17.5 Å². The highest BCUT2D eigenvalue weighted by molar-refractivity contribution is 6.30. The molecule has 1 fully saturated rings. The third kappa shape index (κ3) is 3.37. The summed E-state index contributed by atoms with van der Waals surface area (Å²) in [6.07, 6.45) is -0.512. The van der Waals surface area contributed by atoms with Crippen LogP contribution in [0.2, 0.25) is 5.02 Å². The van der Waals surface area contributed by atoms with Gasteiger partial charge in [0, 0.05) is 18.1 Å². The Hall–Kier alpha value is -1.26. The summed E-state index contributed by atoms with van der Waals surface area (Å²) in [5, 5.41) is 0.596. The SMILES string of the molecule is C[C@H](Oc1cccc(Cl)c1)C(=O)N1CCOCC1. The van der Waals surface area contributed by atoms with Crippen LogP contribution in [0.1, 0.15) is 6.92 Å². The zero-order chi connectivity index (χ0) is 13.0. The van der Waals surface area contributed by atoms with Crippen LogP contribution in [0.3, 0.4) is 0 Å². The minimum atomic E-state index is -0.512. The first-order chi connectivity index (χ1) is 8.66. The Labute approximate surface area is 111 Å². The maximum Gasteiger partial charge on any atom is 0.263 e. The van der Waals surface area contributed by atoms with Gasteiger partial charge in [-0.25, -0.2) is 0 Å². The fraction of sp³-hybridized carbons (Fsp3) is 0.462. The van der Waals surface area contributed by atoms with E-state index < -0.39 is 6.10 Å². The monoisotopic (exact) mass is 269 g/mol. The molecule has 1 amide bonds. The van der Waals surface area contributed by atoms with E-state index in [2.05, 4.69) is 0 Å². The van der Waals surface area contributed by atoms with Gasteiger partial charge in [0.25, 0.3) is 5.91 Å². The zero-order valence-corrected chi connectivity index (χ0v) is 11.0. The molecule has 18 heavy (non-hydrogen) atoms. The smallest absolute Gasteiger partial charge is 0.263 e. The van der Waals surface area contributed by atoms with Gasteiger partial charge < -0.3 is 14.4 Å². The molecule has 0 saturated carbocycles. The van der Waals surface area contributed by atoms with Crippen LogP contribution in [-0.4, -0.2) is 43.2 Å². The molecule has 1 aliphatic heterocycles. The van der Waals surface area contributed by atoms with Gasteiger partial charge in [-0.1, -0.05) is 17.7 Å². The summed E-state index contributed by atoms with van der Waals surface area (Å²) in [7, 11) is 0. The molecule has 1 heterocycles. The molecule has 0 unspecified atom stereocenters.